The number of aromatic nitrogens is 2. The molecule has 0 saturated carbocycles. The molecule has 1 heterocycles. The first-order chi connectivity index (χ1) is 9.73. The lowest BCUT2D eigenvalue weighted by Gasteiger charge is -2.28. The van der Waals surface area contributed by atoms with Gasteiger partial charge in [0.1, 0.15) is 0 Å². The molecule has 0 aliphatic heterocycles. The van der Waals surface area contributed by atoms with Gasteiger partial charge in [-0.25, -0.2) is 4.39 Å². The molecule has 0 atom stereocenters. The molecule has 21 heavy (non-hydrogen) atoms. The Morgan fingerprint density at radius 1 is 1.38 bits per heavy atom. The van der Waals surface area contributed by atoms with Gasteiger partial charge in [-0.15, -0.1) is 0 Å². The summed E-state index contributed by atoms with van der Waals surface area (Å²) in [5.41, 5.74) is 1.60. The van der Waals surface area contributed by atoms with Gasteiger partial charge in [-0.1, -0.05) is 13.8 Å². The third-order valence-corrected chi connectivity index (χ3v) is 3.70. The topological polar surface area (TPSA) is 33.2 Å². The molecule has 0 spiro atoms. The van der Waals surface area contributed by atoms with Gasteiger partial charge in [-0.3, -0.25) is 0 Å². The van der Waals surface area contributed by atoms with Crippen LogP contribution in [-0.2, 0) is 6.54 Å². The quantitative estimate of drug-likeness (QED) is 0.859. The van der Waals surface area contributed by atoms with Crippen LogP contribution in [0.15, 0.2) is 12.1 Å². The van der Waals surface area contributed by atoms with E-state index >= 15 is 0 Å². The normalized spacial score (nSPS) is 12.3. The van der Waals surface area contributed by atoms with Gasteiger partial charge in [-0.2, -0.15) is 0 Å². The van der Waals surface area contributed by atoms with Crippen LogP contribution in [0.4, 0.5) is 4.39 Å². The lowest BCUT2D eigenvalue weighted by atomic mass is 9.93. The Bertz CT molecular complexity index is 703. The average Bonchev–Trinajstić information content (AvgIpc) is 2.62. The van der Waals surface area contributed by atoms with Crippen molar-refractivity contribution >= 4 is 23.3 Å². The van der Waals surface area contributed by atoms with E-state index < -0.39 is 0 Å². The number of nitrogens with one attached hydrogen (secondary N) is 1. The fourth-order valence-corrected chi connectivity index (χ4v) is 3.08. The smallest absolute Gasteiger partial charge is 0.178 e. The highest BCUT2D eigenvalue weighted by molar-refractivity contribution is 7.71. The standard InChI is InChI=1S/C15H22FN3OS/c1-15(2,8-18(3)4)9-19-12-7-13(20-5)10(16)6-11(12)17-14(19)21/h6-7H,8-9H2,1-5H3,(H,17,21). The molecule has 1 N–H and O–H groups in total. The Labute approximate surface area is 129 Å². The fraction of sp³-hybridized carbons (Fsp3) is 0.533. The minimum Gasteiger partial charge on any atom is -0.494 e. The highest BCUT2D eigenvalue weighted by Crippen LogP contribution is 2.27. The molecule has 6 heteroatoms. The monoisotopic (exact) mass is 311 g/mol. The number of imidazole rings is 1. The summed E-state index contributed by atoms with van der Waals surface area (Å²) in [4.78, 5) is 5.22. The first-order valence-corrected chi connectivity index (χ1v) is 7.25. The van der Waals surface area contributed by atoms with Gasteiger partial charge < -0.3 is 19.2 Å². The summed E-state index contributed by atoms with van der Waals surface area (Å²) in [6, 6.07) is 3.13. The summed E-state index contributed by atoms with van der Waals surface area (Å²) in [5, 5.41) is 0. The molecule has 2 rings (SSSR count). The second-order valence-electron chi connectivity index (χ2n) is 6.42. The fourth-order valence-electron chi connectivity index (χ4n) is 2.81. The van der Waals surface area contributed by atoms with Crippen LogP contribution in [0.1, 0.15) is 13.8 Å². The molecular weight excluding hydrogens is 289 g/mol. The van der Waals surface area contributed by atoms with Crippen molar-refractivity contribution in [1.82, 2.24) is 14.5 Å². The van der Waals surface area contributed by atoms with Crippen molar-refractivity contribution in [2.45, 2.75) is 20.4 Å². The first-order valence-electron chi connectivity index (χ1n) is 6.84. The molecule has 0 aliphatic carbocycles. The number of methoxy groups -OCH3 is 1. The van der Waals surface area contributed by atoms with E-state index in [-0.39, 0.29) is 17.0 Å². The van der Waals surface area contributed by atoms with Crippen molar-refractivity contribution in [1.29, 1.82) is 0 Å². The molecule has 0 radical (unpaired) electrons. The largest absolute Gasteiger partial charge is 0.494 e. The molecule has 116 valence electrons. The Morgan fingerprint density at radius 3 is 2.62 bits per heavy atom. The van der Waals surface area contributed by atoms with E-state index in [0.29, 0.717) is 10.3 Å². The maximum absolute atomic E-state index is 13.8. The van der Waals surface area contributed by atoms with Crippen molar-refractivity contribution in [2.75, 3.05) is 27.7 Å². The SMILES string of the molecule is COc1cc2c(cc1F)[nH]c(=S)n2CC(C)(C)CN(C)C. The van der Waals surface area contributed by atoms with Crippen LogP contribution in [0.5, 0.6) is 5.75 Å². The molecule has 1 aromatic carbocycles. The molecule has 0 saturated heterocycles. The van der Waals surface area contributed by atoms with Crippen molar-refractivity contribution in [3.63, 3.8) is 0 Å². The zero-order valence-corrected chi connectivity index (χ0v) is 14.0. The van der Waals surface area contributed by atoms with Gasteiger partial charge >= 0.3 is 0 Å². The number of ether oxygens (including phenoxy) is 1. The van der Waals surface area contributed by atoms with Crippen molar-refractivity contribution in [3.05, 3.63) is 22.7 Å². The third kappa shape index (κ3) is 3.44. The third-order valence-electron chi connectivity index (χ3n) is 3.38. The number of nitrogens with zero attached hydrogens (tertiary/aromatic N) is 2. The molecule has 0 aliphatic rings. The van der Waals surface area contributed by atoms with Gasteiger partial charge in [0, 0.05) is 25.2 Å². The highest BCUT2D eigenvalue weighted by atomic mass is 32.1. The lowest BCUT2D eigenvalue weighted by molar-refractivity contribution is 0.212. The van der Waals surface area contributed by atoms with E-state index in [1.165, 1.54) is 13.2 Å². The minimum atomic E-state index is -0.388. The summed E-state index contributed by atoms with van der Waals surface area (Å²) in [6.07, 6.45) is 0. The van der Waals surface area contributed by atoms with E-state index in [0.717, 1.165) is 18.6 Å². The molecule has 0 bridgehead atoms. The van der Waals surface area contributed by atoms with Crippen molar-refractivity contribution in [3.8, 4) is 5.75 Å². The molecule has 1 aromatic heterocycles. The van der Waals surface area contributed by atoms with E-state index in [9.17, 15) is 4.39 Å². The Morgan fingerprint density at radius 2 is 2.05 bits per heavy atom. The van der Waals surface area contributed by atoms with E-state index in [4.69, 9.17) is 17.0 Å². The molecule has 2 aromatic rings. The number of fused-ring (bicyclic) bond motifs is 1. The predicted molar refractivity (Wildman–Crippen MR) is 86.0 cm³/mol. The molecular formula is C15H22FN3OS. The zero-order chi connectivity index (χ0) is 15.8. The van der Waals surface area contributed by atoms with Gasteiger partial charge in [-0.05, 0) is 31.7 Å². The van der Waals surface area contributed by atoms with Gasteiger partial charge in [0.2, 0.25) is 0 Å². The number of H-pyrrole nitrogens is 1. The zero-order valence-electron chi connectivity index (χ0n) is 13.2. The number of halogens is 1. The number of hydrogen-bond donors (Lipinski definition) is 1. The summed E-state index contributed by atoms with van der Waals surface area (Å²) >= 11 is 5.39. The summed E-state index contributed by atoms with van der Waals surface area (Å²) in [5.74, 6) is -0.156. The molecule has 4 nitrogen and oxygen atoms in total. The summed E-state index contributed by atoms with van der Waals surface area (Å²) in [6.45, 7) is 6.06. The van der Waals surface area contributed by atoms with Crippen LogP contribution >= 0.6 is 12.2 Å². The maximum Gasteiger partial charge on any atom is 0.178 e. The van der Waals surface area contributed by atoms with E-state index in [1.807, 2.05) is 4.57 Å². The lowest BCUT2D eigenvalue weighted by Crippen LogP contribution is -2.32. The molecule has 0 amide bonds. The van der Waals surface area contributed by atoms with Crippen molar-refractivity contribution in [2.24, 2.45) is 5.41 Å². The summed E-state index contributed by atoms with van der Waals surface area (Å²) < 4.78 is 21.5. The minimum absolute atomic E-state index is 0.0401. The van der Waals surface area contributed by atoms with Crippen LogP contribution < -0.4 is 4.74 Å². The first kappa shape index (κ1) is 16.0. The average molecular weight is 311 g/mol. The van der Waals surface area contributed by atoms with Gasteiger partial charge in [0.25, 0.3) is 0 Å². The summed E-state index contributed by atoms with van der Waals surface area (Å²) in [7, 11) is 5.56. The Kier molecular flexibility index (Phi) is 4.39. The molecule has 0 unspecified atom stereocenters. The van der Waals surface area contributed by atoms with Crippen LogP contribution in [0, 0.1) is 16.0 Å². The number of benzene rings is 1. The number of rotatable bonds is 5. The number of hydrogen-bond acceptors (Lipinski definition) is 3. The highest BCUT2D eigenvalue weighted by Gasteiger charge is 2.22. The van der Waals surface area contributed by atoms with Crippen molar-refractivity contribution < 1.29 is 9.13 Å². The predicted octanol–water partition coefficient (Wildman–Crippen LogP) is 3.43. The van der Waals surface area contributed by atoms with E-state index in [2.05, 4.69) is 37.8 Å². The Balaban J connectivity index is 2.49. The molecule has 0 fully saturated rings. The van der Waals surface area contributed by atoms with Gasteiger partial charge in [0.15, 0.2) is 16.3 Å². The van der Waals surface area contributed by atoms with E-state index in [1.54, 1.807) is 6.07 Å². The Hall–Kier alpha value is -1.40. The van der Waals surface area contributed by atoms with Gasteiger partial charge in [0.05, 0.1) is 18.1 Å². The second-order valence-corrected chi connectivity index (χ2v) is 6.81. The number of aromatic amines is 1. The second kappa shape index (κ2) is 5.77. The van der Waals surface area contributed by atoms with Crippen LogP contribution in [-0.4, -0.2) is 42.2 Å². The van der Waals surface area contributed by atoms with Crippen LogP contribution in [0.2, 0.25) is 0 Å². The van der Waals surface area contributed by atoms with Crippen LogP contribution in [0.3, 0.4) is 0 Å². The van der Waals surface area contributed by atoms with Crippen LogP contribution in [0.25, 0.3) is 11.0 Å². The maximum atomic E-state index is 13.8.